The quantitative estimate of drug-likeness (QED) is 0.794. The average Bonchev–Trinajstić information content (AvgIpc) is 2.55. The number of hydrogen-bond acceptors (Lipinski definition) is 4. The standard InChI is InChI=1S/C19H22O4/c1-3-22-19(21)12-18(20)15-8-10-17(11-9-15)23-13-16-7-5-4-6-14(16)2/h4-11,18,20H,3,12-13H2,1-2H3. The Bertz CT molecular complexity index is 634. The van der Waals surface area contributed by atoms with Gasteiger partial charge in [-0.1, -0.05) is 36.4 Å². The van der Waals surface area contributed by atoms with Crippen molar-refractivity contribution in [1.82, 2.24) is 0 Å². The number of carbonyl (C=O) groups is 1. The zero-order valence-electron chi connectivity index (χ0n) is 13.5. The van der Waals surface area contributed by atoms with Crippen molar-refractivity contribution in [3.63, 3.8) is 0 Å². The summed E-state index contributed by atoms with van der Waals surface area (Å²) in [6.45, 7) is 4.60. The van der Waals surface area contributed by atoms with Gasteiger partial charge in [0.1, 0.15) is 12.4 Å². The number of carbonyl (C=O) groups excluding carboxylic acids is 1. The van der Waals surface area contributed by atoms with Crippen molar-refractivity contribution in [2.24, 2.45) is 0 Å². The molecule has 2 aromatic rings. The van der Waals surface area contributed by atoms with Gasteiger partial charge in [-0.2, -0.15) is 0 Å². The summed E-state index contributed by atoms with van der Waals surface area (Å²) in [5.41, 5.74) is 2.99. The highest BCUT2D eigenvalue weighted by atomic mass is 16.5. The third kappa shape index (κ3) is 5.11. The molecule has 0 aliphatic heterocycles. The third-order valence-corrected chi connectivity index (χ3v) is 3.59. The van der Waals surface area contributed by atoms with Crippen LogP contribution in [0.4, 0.5) is 0 Å². The zero-order valence-corrected chi connectivity index (χ0v) is 13.5. The molecule has 0 saturated heterocycles. The molecule has 122 valence electrons. The molecule has 0 radical (unpaired) electrons. The Morgan fingerprint density at radius 2 is 1.83 bits per heavy atom. The van der Waals surface area contributed by atoms with Crippen molar-refractivity contribution in [2.45, 2.75) is 33.0 Å². The molecule has 2 rings (SSSR count). The van der Waals surface area contributed by atoms with Gasteiger partial charge in [-0.25, -0.2) is 0 Å². The number of ether oxygens (including phenoxy) is 2. The van der Waals surface area contributed by atoms with Gasteiger partial charge in [0, 0.05) is 0 Å². The van der Waals surface area contributed by atoms with Gasteiger partial charge >= 0.3 is 5.97 Å². The molecule has 2 aromatic carbocycles. The van der Waals surface area contributed by atoms with E-state index >= 15 is 0 Å². The summed E-state index contributed by atoms with van der Waals surface area (Å²) >= 11 is 0. The lowest BCUT2D eigenvalue weighted by atomic mass is 10.1. The van der Waals surface area contributed by atoms with Crippen LogP contribution in [-0.4, -0.2) is 17.7 Å². The molecule has 4 heteroatoms. The molecule has 0 bridgehead atoms. The van der Waals surface area contributed by atoms with Gasteiger partial charge in [0.15, 0.2) is 0 Å². The number of aliphatic hydroxyl groups excluding tert-OH is 1. The van der Waals surface area contributed by atoms with E-state index in [0.717, 1.165) is 11.3 Å². The van der Waals surface area contributed by atoms with E-state index in [-0.39, 0.29) is 6.42 Å². The van der Waals surface area contributed by atoms with E-state index in [4.69, 9.17) is 9.47 Å². The Hall–Kier alpha value is -2.33. The van der Waals surface area contributed by atoms with Crippen LogP contribution in [0.25, 0.3) is 0 Å². The minimum Gasteiger partial charge on any atom is -0.489 e. The van der Waals surface area contributed by atoms with Gasteiger partial charge in [0.25, 0.3) is 0 Å². The van der Waals surface area contributed by atoms with Crippen LogP contribution < -0.4 is 4.74 Å². The molecule has 0 aliphatic rings. The van der Waals surface area contributed by atoms with E-state index in [1.54, 1.807) is 31.2 Å². The number of benzene rings is 2. The van der Waals surface area contributed by atoms with Crippen LogP contribution in [-0.2, 0) is 16.1 Å². The smallest absolute Gasteiger partial charge is 0.308 e. The maximum atomic E-state index is 11.4. The minimum absolute atomic E-state index is 0.0444. The highest BCUT2D eigenvalue weighted by Crippen LogP contribution is 2.21. The van der Waals surface area contributed by atoms with Gasteiger partial charge in [0.2, 0.25) is 0 Å². The Labute approximate surface area is 136 Å². The van der Waals surface area contributed by atoms with Crippen molar-refractivity contribution in [3.05, 3.63) is 65.2 Å². The number of rotatable bonds is 7. The normalized spacial score (nSPS) is 11.8. The second-order valence-corrected chi connectivity index (χ2v) is 5.31. The number of aryl methyl sites for hydroxylation is 1. The van der Waals surface area contributed by atoms with E-state index in [1.165, 1.54) is 5.56 Å². The predicted molar refractivity (Wildman–Crippen MR) is 88.2 cm³/mol. The Balaban J connectivity index is 1.91. The van der Waals surface area contributed by atoms with E-state index in [9.17, 15) is 9.90 Å². The topological polar surface area (TPSA) is 55.8 Å². The Morgan fingerprint density at radius 3 is 2.48 bits per heavy atom. The first-order chi connectivity index (χ1) is 11.1. The molecule has 1 unspecified atom stereocenters. The minimum atomic E-state index is -0.862. The summed E-state index contributed by atoms with van der Waals surface area (Å²) in [7, 11) is 0. The molecule has 0 spiro atoms. The number of hydrogen-bond donors (Lipinski definition) is 1. The van der Waals surface area contributed by atoms with Crippen molar-refractivity contribution >= 4 is 5.97 Å². The molecule has 0 heterocycles. The molecular weight excluding hydrogens is 292 g/mol. The lowest BCUT2D eigenvalue weighted by Crippen LogP contribution is -2.10. The lowest BCUT2D eigenvalue weighted by molar-refractivity contribution is -0.145. The van der Waals surface area contributed by atoms with Crippen molar-refractivity contribution < 1.29 is 19.4 Å². The molecule has 0 aliphatic carbocycles. The second kappa shape index (κ2) is 8.34. The molecule has 1 N–H and O–H groups in total. The zero-order chi connectivity index (χ0) is 16.7. The van der Waals surface area contributed by atoms with Gasteiger partial charge in [0.05, 0.1) is 19.1 Å². The summed E-state index contributed by atoms with van der Waals surface area (Å²) in [5.74, 6) is 0.320. The van der Waals surface area contributed by atoms with Crippen molar-refractivity contribution in [3.8, 4) is 5.75 Å². The monoisotopic (exact) mass is 314 g/mol. The molecule has 0 amide bonds. The van der Waals surface area contributed by atoms with Gasteiger partial charge in [-0.15, -0.1) is 0 Å². The average molecular weight is 314 g/mol. The van der Waals surface area contributed by atoms with Crippen LogP contribution in [0.2, 0.25) is 0 Å². The summed E-state index contributed by atoms with van der Waals surface area (Å²) in [4.78, 5) is 11.4. The largest absolute Gasteiger partial charge is 0.489 e. The van der Waals surface area contributed by atoms with Gasteiger partial charge in [-0.3, -0.25) is 4.79 Å². The van der Waals surface area contributed by atoms with Gasteiger partial charge in [-0.05, 0) is 42.7 Å². The highest BCUT2D eigenvalue weighted by molar-refractivity contribution is 5.70. The first kappa shape index (κ1) is 17.0. The predicted octanol–water partition coefficient (Wildman–Crippen LogP) is 3.56. The summed E-state index contributed by atoms with van der Waals surface area (Å²) in [5, 5.41) is 10.0. The van der Waals surface area contributed by atoms with Crippen LogP contribution in [0.1, 0.15) is 36.1 Å². The Morgan fingerprint density at radius 1 is 1.13 bits per heavy atom. The van der Waals surface area contributed by atoms with Crippen LogP contribution >= 0.6 is 0 Å². The fourth-order valence-electron chi connectivity index (χ4n) is 2.21. The van der Waals surface area contributed by atoms with Gasteiger partial charge < -0.3 is 14.6 Å². The van der Waals surface area contributed by atoms with E-state index in [1.807, 2.05) is 31.2 Å². The number of aliphatic hydroxyl groups is 1. The van der Waals surface area contributed by atoms with Crippen LogP contribution in [0, 0.1) is 6.92 Å². The van der Waals surface area contributed by atoms with Crippen molar-refractivity contribution in [1.29, 1.82) is 0 Å². The fourth-order valence-corrected chi connectivity index (χ4v) is 2.21. The molecule has 0 saturated carbocycles. The van der Waals surface area contributed by atoms with Crippen molar-refractivity contribution in [2.75, 3.05) is 6.61 Å². The molecule has 23 heavy (non-hydrogen) atoms. The van der Waals surface area contributed by atoms with Crippen LogP contribution in [0.3, 0.4) is 0 Å². The second-order valence-electron chi connectivity index (χ2n) is 5.31. The molecule has 0 aromatic heterocycles. The maximum absolute atomic E-state index is 11.4. The highest BCUT2D eigenvalue weighted by Gasteiger charge is 2.13. The van der Waals surface area contributed by atoms with Crippen LogP contribution in [0.5, 0.6) is 5.75 Å². The molecule has 1 atom stereocenters. The summed E-state index contributed by atoms with van der Waals surface area (Å²) in [6.07, 6.45) is -0.906. The number of esters is 1. The summed E-state index contributed by atoms with van der Waals surface area (Å²) < 4.78 is 10.6. The molecule has 0 fully saturated rings. The van der Waals surface area contributed by atoms with E-state index in [0.29, 0.717) is 18.8 Å². The van der Waals surface area contributed by atoms with E-state index in [2.05, 4.69) is 0 Å². The first-order valence-corrected chi connectivity index (χ1v) is 7.71. The summed E-state index contributed by atoms with van der Waals surface area (Å²) in [6, 6.07) is 15.2. The lowest BCUT2D eigenvalue weighted by Gasteiger charge is -2.12. The molecular formula is C19H22O4. The maximum Gasteiger partial charge on any atom is 0.308 e. The first-order valence-electron chi connectivity index (χ1n) is 7.71. The third-order valence-electron chi connectivity index (χ3n) is 3.59. The Kier molecular flexibility index (Phi) is 6.18. The molecule has 4 nitrogen and oxygen atoms in total. The fraction of sp³-hybridized carbons (Fsp3) is 0.316. The van der Waals surface area contributed by atoms with E-state index < -0.39 is 12.1 Å². The van der Waals surface area contributed by atoms with Crippen LogP contribution in [0.15, 0.2) is 48.5 Å². The SMILES string of the molecule is CCOC(=O)CC(O)c1ccc(OCc2ccccc2C)cc1.